The van der Waals surface area contributed by atoms with Crippen LogP contribution in [0.5, 0.6) is 5.75 Å². The number of benzene rings is 2. The minimum Gasteiger partial charge on any atom is -0.439 e. The number of fused-ring (bicyclic) bond motifs is 3. The number of nitrogens with zero attached hydrogens (tertiary/aromatic N) is 1. The molecule has 5 nitrogen and oxygen atoms in total. The molecule has 122 valence electrons. The van der Waals surface area contributed by atoms with Gasteiger partial charge in [-0.25, -0.2) is 4.79 Å². The maximum Gasteiger partial charge on any atom is 0.344 e. The van der Waals surface area contributed by atoms with Crippen molar-refractivity contribution in [2.75, 3.05) is 0 Å². The molecule has 1 unspecified atom stereocenters. The van der Waals surface area contributed by atoms with E-state index in [2.05, 4.69) is 22.0 Å². The Morgan fingerprint density at radius 1 is 1.16 bits per heavy atom. The first-order valence-electron chi connectivity index (χ1n) is 7.49. The Kier molecular flexibility index (Phi) is 3.59. The van der Waals surface area contributed by atoms with Gasteiger partial charge in [0.1, 0.15) is 17.2 Å². The first-order valence-corrected chi connectivity index (χ1v) is 8.28. The number of nitriles is 1. The zero-order valence-electron chi connectivity index (χ0n) is 12.8. The molecule has 0 amide bonds. The Morgan fingerprint density at radius 3 is 2.72 bits per heavy atom. The van der Waals surface area contributed by atoms with Crippen molar-refractivity contribution in [1.29, 1.82) is 5.26 Å². The number of para-hydroxylation sites is 1. The highest BCUT2D eigenvalue weighted by Gasteiger charge is 2.35. The summed E-state index contributed by atoms with van der Waals surface area (Å²) in [6, 6.07) is 16.5. The lowest BCUT2D eigenvalue weighted by molar-refractivity contribution is 0.388. The Bertz CT molecular complexity index is 1140. The van der Waals surface area contributed by atoms with Gasteiger partial charge in [0.15, 0.2) is 5.75 Å². The normalized spacial score (nSPS) is 16.2. The molecule has 4 rings (SSSR count). The van der Waals surface area contributed by atoms with E-state index in [0.717, 1.165) is 10.0 Å². The smallest absolute Gasteiger partial charge is 0.344 e. The van der Waals surface area contributed by atoms with Crippen LogP contribution in [0.4, 0.5) is 0 Å². The predicted octanol–water partition coefficient (Wildman–Crippen LogP) is 3.77. The topological polar surface area (TPSA) is 89.3 Å². The van der Waals surface area contributed by atoms with Crippen molar-refractivity contribution in [3.63, 3.8) is 0 Å². The summed E-state index contributed by atoms with van der Waals surface area (Å²) < 4.78 is 12.0. The Balaban J connectivity index is 2.10. The van der Waals surface area contributed by atoms with Crippen molar-refractivity contribution in [2.45, 2.75) is 5.92 Å². The number of ether oxygens (including phenoxy) is 1. The maximum absolute atomic E-state index is 12.7. The van der Waals surface area contributed by atoms with Crippen LogP contribution in [-0.4, -0.2) is 0 Å². The molecule has 0 fully saturated rings. The van der Waals surface area contributed by atoms with Gasteiger partial charge >= 0.3 is 5.63 Å². The minimum atomic E-state index is -0.646. The summed E-state index contributed by atoms with van der Waals surface area (Å²) in [7, 11) is 0. The molecule has 2 aromatic carbocycles. The SMILES string of the molecule is N#CC1=C(N)Oc2c(c(=O)oc3ccccc23)C1c1cccc(Br)c1. The van der Waals surface area contributed by atoms with E-state index in [9.17, 15) is 10.1 Å². The summed E-state index contributed by atoms with van der Waals surface area (Å²) >= 11 is 3.42. The third-order valence-electron chi connectivity index (χ3n) is 4.16. The third-order valence-corrected chi connectivity index (χ3v) is 4.65. The van der Waals surface area contributed by atoms with Gasteiger partial charge in [-0.05, 0) is 29.8 Å². The molecule has 0 spiro atoms. The van der Waals surface area contributed by atoms with Crippen molar-refractivity contribution < 1.29 is 9.15 Å². The van der Waals surface area contributed by atoms with Crippen LogP contribution in [-0.2, 0) is 0 Å². The number of rotatable bonds is 1. The van der Waals surface area contributed by atoms with E-state index >= 15 is 0 Å². The summed E-state index contributed by atoms with van der Waals surface area (Å²) in [5.41, 5.74) is 7.09. The largest absolute Gasteiger partial charge is 0.439 e. The second kappa shape index (κ2) is 5.80. The molecule has 1 aromatic heterocycles. The zero-order chi connectivity index (χ0) is 17.6. The summed E-state index contributed by atoms with van der Waals surface area (Å²) in [6.45, 7) is 0. The quantitative estimate of drug-likeness (QED) is 0.634. The number of nitrogens with two attached hydrogens (primary N) is 1. The van der Waals surface area contributed by atoms with Gasteiger partial charge in [-0.3, -0.25) is 0 Å². The standard InChI is InChI=1S/C19H11BrN2O3/c20-11-5-3-4-10(8-11)15-13(9-21)18(22)25-17-12-6-1-2-7-14(12)24-19(23)16(15)17/h1-8,15H,22H2. The molecule has 0 aliphatic carbocycles. The van der Waals surface area contributed by atoms with E-state index in [0.29, 0.717) is 16.7 Å². The lowest BCUT2D eigenvalue weighted by Crippen LogP contribution is -2.26. The highest BCUT2D eigenvalue weighted by Crippen LogP contribution is 2.43. The average Bonchev–Trinajstić information content (AvgIpc) is 2.60. The molecule has 0 saturated heterocycles. The maximum atomic E-state index is 12.7. The molecular weight excluding hydrogens is 384 g/mol. The van der Waals surface area contributed by atoms with Gasteiger partial charge in [-0.1, -0.05) is 40.2 Å². The molecule has 0 saturated carbocycles. The summed E-state index contributed by atoms with van der Waals surface area (Å²) in [5.74, 6) is -0.309. The molecular formula is C19H11BrN2O3. The number of hydrogen-bond acceptors (Lipinski definition) is 5. The Morgan fingerprint density at radius 2 is 1.96 bits per heavy atom. The van der Waals surface area contributed by atoms with Gasteiger partial charge in [0, 0.05) is 4.47 Å². The van der Waals surface area contributed by atoms with Gasteiger partial charge in [-0.2, -0.15) is 5.26 Å². The Hall–Kier alpha value is -3.04. The minimum absolute atomic E-state index is 0.00396. The van der Waals surface area contributed by atoms with Crippen LogP contribution < -0.4 is 16.1 Å². The second-order valence-electron chi connectivity index (χ2n) is 5.61. The van der Waals surface area contributed by atoms with Crippen LogP contribution in [0.2, 0.25) is 0 Å². The summed E-state index contributed by atoms with van der Waals surface area (Å²) in [4.78, 5) is 12.7. The molecule has 1 atom stereocenters. The van der Waals surface area contributed by atoms with E-state index in [4.69, 9.17) is 14.9 Å². The molecule has 3 aromatic rings. The molecule has 6 heteroatoms. The lowest BCUT2D eigenvalue weighted by Gasteiger charge is -2.26. The van der Waals surface area contributed by atoms with Crippen molar-refractivity contribution in [3.8, 4) is 11.8 Å². The van der Waals surface area contributed by atoms with Crippen molar-refractivity contribution in [2.24, 2.45) is 5.73 Å². The van der Waals surface area contributed by atoms with Gasteiger partial charge in [0.2, 0.25) is 5.88 Å². The van der Waals surface area contributed by atoms with E-state index in [1.54, 1.807) is 18.2 Å². The highest BCUT2D eigenvalue weighted by molar-refractivity contribution is 9.10. The van der Waals surface area contributed by atoms with Crippen LogP contribution in [0, 0.1) is 11.3 Å². The summed E-state index contributed by atoms with van der Waals surface area (Å²) in [5, 5.41) is 10.2. The Labute approximate surface area is 151 Å². The van der Waals surface area contributed by atoms with Crippen LogP contribution >= 0.6 is 15.9 Å². The van der Waals surface area contributed by atoms with Crippen molar-refractivity contribution in [1.82, 2.24) is 0 Å². The monoisotopic (exact) mass is 394 g/mol. The fraction of sp³-hybridized carbons (Fsp3) is 0.0526. The zero-order valence-corrected chi connectivity index (χ0v) is 14.4. The fourth-order valence-corrected chi connectivity index (χ4v) is 3.50. The van der Waals surface area contributed by atoms with E-state index in [-0.39, 0.29) is 17.0 Å². The second-order valence-corrected chi connectivity index (χ2v) is 6.52. The molecule has 0 radical (unpaired) electrons. The molecule has 1 aliphatic rings. The van der Waals surface area contributed by atoms with Crippen molar-refractivity contribution in [3.05, 3.63) is 86.0 Å². The molecule has 25 heavy (non-hydrogen) atoms. The number of allylic oxidation sites excluding steroid dienone is 1. The van der Waals surface area contributed by atoms with Crippen LogP contribution in [0.3, 0.4) is 0 Å². The van der Waals surface area contributed by atoms with Gasteiger partial charge < -0.3 is 14.9 Å². The highest BCUT2D eigenvalue weighted by atomic mass is 79.9. The lowest BCUT2D eigenvalue weighted by atomic mass is 9.84. The van der Waals surface area contributed by atoms with E-state index in [1.165, 1.54) is 0 Å². The van der Waals surface area contributed by atoms with E-state index in [1.807, 2.05) is 30.3 Å². The van der Waals surface area contributed by atoms with Crippen molar-refractivity contribution >= 4 is 26.9 Å². The fourth-order valence-electron chi connectivity index (χ4n) is 3.09. The molecule has 1 aliphatic heterocycles. The van der Waals surface area contributed by atoms with Crippen LogP contribution in [0.15, 0.2) is 73.7 Å². The van der Waals surface area contributed by atoms with Crippen LogP contribution in [0.25, 0.3) is 11.0 Å². The van der Waals surface area contributed by atoms with Gasteiger partial charge in [0.05, 0.1) is 16.9 Å². The molecule has 2 N–H and O–H groups in total. The summed E-state index contributed by atoms with van der Waals surface area (Å²) in [6.07, 6.45) is 0. The van der Waals surface area contributed by atoms with Crippen LogP contribution in [0.1, 0.15) is 17.0 Å². The van der Waals surface area contributed by atoms with E-state index < -0.39 is 11.5 Å². The van der Waals surface area contributed by atoms with Gasteiger partial charge in [0.25, 0.3) is 0 Å². The average molecular weight is 395 g/mol. The number of halogens is 1. The number of hydrogen-bond donors (Lipinski definition) is 1. The van der Waals surface area contributed by atoms with Gasteiger partial charge in [-0.15, -0.1) is 0 Å². The first-order chi connectivity index (χ1) is 12.1. The first kappa shape index (κ1) is 15.5. The molecule has 2 heterocycles. The third kappa shape index (κ3) is 2.41. The molecule has 0 bridgehead atoms. The predicted molar refractivity (Wildman–Crippen MR) is 95.9 cm³/mol.